The highest BCUT2D eigenvalue weighted by molar-refractivity contribution is 5.79. The molecule has 9 heteroatoms. The van der Waals surface area contributed by atoms with E-state index < -0.39 is 4.92 Å². The van der Waals surface area contributed by atoms with E-state index in [1.54, 1.807) is 25.3 Å². The van der Waals surface area contributed by atoms with Crippen molar-refractivity contribution in [3.05, 3.63) is 63.3 Å². The van der Waals surface area contributed by atoms with Crippen LogP contribution >= 0.6 is 0 Å². The number of nitrogens with two attached hydrogens (primary N) is 2. The van der Waals surface area contributed by atoms with Crippen molar-refractivity contribution in [1.82, 2.24) is 9.97 Å². The van der Waals surface area contributed by atoms with Gasteiger partial charge < -0.3 is 20.9 Å². The fourth-order valence-electron chi connectivity index (χ4n) is 3.32. The summed E-state index contributed by atoms with van der Waals surface area (Å²) in [5.74, 6) is 1.55. The molecule has 3 rings (SSSR count). The molecule has 9 nitrogen and oxygen atoms in total. The maximum Gasteiger partial charge on any atom is 0.272 e. The van der Waals surface area contributed by atoms with Crippen LogP contribution in [0.4, 0.5) is 17.5 Å². The van der Waals surface area contributed by atoms with E-state index in [0.29, 0.717) is 53.6 Å². The summed E-state index contributed by atoms with van der Waals surface area (Å²) in [4.78, 5) is 19.1. The number of anilines is 2. The molecule has 2 aromatic carbocycles. The molecule has 0 spiro atoms. The number of benzene rings is 2. The number of nitrogens with zero attached hydrogens (tertiary/aromatic N) is 3. The predicted molar refractivity (Wildman–Crippen MR) is 119 cm³/mol. The van der Waals surface area contributed by atoms with Crippen molar-refractivity contribution in [2.45, 2.75) is 27.2 Å². The highest BCUT2D eigenvalue weighted by Crippen LogP contribution is 2.42. The Hall–Kier alpha value is -3.88. The van der Waals surface area contributed by atoms with Crippen molar-refractivity contribution in [2.24, 2.45) is 0 Å². The van der Waals surface area contributed by atoms with Crippen LogP contribution < -0.4 is 20.9 Å². The van der Waals surface area contributed by atoms with Crippen molar-refractivity contribution >= 4 is 17.5 Å². The first-order valence-corrected chi connectivity index (χ1v) is 9.88. The van der Waals surface area contributed by atoms with Gasteiger partial charge in [-0.25, -0.2) is 4.98 Å². The van der Waals surface area contributed by atoms with Gasteiger partial charge in [0, 0.05) is 29.8 Å². The molecule has 3 aromatic rings. The Morgan fingerprint density at radius 1 is 1.06 bits per heavy atom. The number of rotatable bonds is 8. The van der Waals surface area contributed by atoms with E-state index in [-0.39, 0.29) is 11.6 Å². The zero-order valence-corrected chi connectivity index (χ0v) is 17.7. The van der Waals surface area contributed by atoms with E-state index in [2.05, 4.69) is 9.97 Å². The molecule has 0 saturated carbocycles. The Morgan fingerprint density at radius 2 is 1.71 bits per heavy atom. The van der Waals surface area contributed by atoms with E-state index in [1.165, 1.54) is 0 Å². The topological polar surface area (TPSA) is 139 Å². The molecule has 0 unspecified atom stereocenters. The molecule has 31 heavy (non-hydrogen) atoms. The van der Waals surface area contributed by atoms with Crippen LogP contribution in [-0.2, 0) is 6.42 Å². The Labute approximate surface area is 180 Å². The number of nitro groups is 1. The Bertz CT molecular complexity index is 1090. The van der Waals surface area contributed by atoms with Gasteiger partial charge in [-0.15, -0.1) is 0 Å². The van der Waals surface area contributed by atoms with E-state index in [9.17, 15) is 10.1 Å². The van der Waals surface area contributed by atoms with Gasteiger partial charge in [0.1, 0.15) is 17.3 Å². The van der Waals surface area contributed by atoms with Crippen molar-refractivity contribution in [3.8, 4) is 22.6 Å². The molecule has 0 amide bonds. The minimum atomic E-state index is -0.391. The first-order valence-electron chi connectivity index (χ1n) is 9.88. The van der Waals surface area contributed by atoms with E-state index in [4.69, 9.17) is 20.9 Å². The normalized spacial score (nSPS) is 10.7. The maximum absolute atomic E-state index is 11.5. The summed E-state index contributed by atoms with van der Waals surface area (Å²) in [6.45, 7) is 6.30. The minimum Gasteiger partial charge on any atom is -0.493 e. The third-order valence-corrected chi connectivity index (χ3v) is 4.73. The van der Waals surface area contributed by atoms with Crippen LogP contribution in [0.5, 0.6) is 11.5 Å². The third-order valence-electron chi connectivity index (χ3n) is 4.73. The number of hydrogen-bond acceptors (Lipinski definition) is 8. The average Bonchev–Trinajstić information content (AvgIpc) is 2.71. The van der Waals surface area contributed by atoms with E-state index in [0.717, 1.165) is 11.1 Å². The fraction of sp³-hybridized carbons (Fsp3) is 0.273. The molecule has 162 valence electrons. The molecule has 0 radical (unpaired) electrons. The summed E-state index contributed by atoms with van der Waals surface area (Å²) < 4.78 is 11.8. The second kappa shape index (κ2) is 9.29. The lowest BCUT2D eigenvalue weighted by Crippen LogP contribution is -2.05. The third kappa shape index (κ3) is 4.82. The molecular formula is C22H25N5O4. The molecule has 0 bridgehead atoms. The first-order chi connectivity index (χ1) is 14.8. The maximum atomic E-state index is 11.5. The minimum absolute atomic E-state index is 0.0401. The summed E-state index contributed by atoms with van der Waals surface area (Å²) in [5.41, 5.74) is 15.1. The fourth-order valence-corrected chi connectivity index (χ4v) is 3.32. The lowest BCUT2D eigenvalue weighted by Gasteiger charge is -2.18. The van der Waals surface area contributed by atoms with Crippen molar-refractivity contribution in [2.75, 3.05) is 24.7 Å². The highest BCUT2D eigenvalue weighted by Gasteiger charge is 2.20. The standard InChI is InChI=1S/C22H25N5O4/c1-4-30-18-9-14(8-16-12-25-22(24)26-21(16)23)10-19(31-5-2)20(18)15-7-6-13(3)17(11-15)27(28)29/h6-7,9-12H,4-5,8H2,1-3H3,(H4,23,24,25,26). The van der Waals surface area contributed by atoms with Gasteiger partial charge in [0.2, 0.25) is 5.95 Å². The van der Waals surface area contributed by atoms with Crippen molar-refractivity contribution in [3.63, 3.8) is 0 Å². The van der Waals surface area contributed by atoms with Crippen LogP contribution in [0.2, 0.25) is 0 Å². The summed E-state index contributed by atoms with van der Waals surface area (Å²) >= 11 is 0. The smallest absolute Gasteiger partial charge is 0.272 e. The largest absolute Gasteiger partial charge is 0.493 e. The first kappa shape index (κ1) is 21.8. The number of hydrogen-bond donors (Lipinski definition) is 2. The second-order valence-corrected chi connectivity index (χ2v) is 6.91. The Balaban J connectivity index is 2.15. The zero-order chi connectivity index (χ0) is 22.5. The highest BCUT2D eigenvalue weighted by atomic mass is 16.6. The lowest BCUT2D eigenvalue weighted by molar-refractivity contribution is -0.385. The van der Waals surface area contributed by atoms with Gasteiger partial charge in [-0.05, 0) is 44.0 Å². The van der Waals surface area contributed by atoms with Gasteiger partial charge in [0.25, 0.3) is 5.69 Å². The second-order valence-electron chi connectivity index (χ2n) is 6.91. The molecule has 0 aliphatic carbocycles. The van der Waals surface area contributed by atoms with Gasteiger partial charge in [-0.2, -0.15) is 4.98 Å². The van der Waals surface area contributed by atoms with E-state index in [1.807, 2.05) is 32.0 Å². The molecule has 0 saturated heterocycles. The molecular weight excluding hydrogens is 398 g/mol. The van der Waals surface area contributed by atoms with Crippen LogP contribution in [0.15, 0.2) is 36.5 Å². The van der Waals surface area contributed by atoms with Crippen LogP contribution in [0.3, 0.4) is 0 Å². The van der Waals surface area contributed by atoms with Crippen molar-refractivity contribution < 1.29 is 14.4 Å². The lowest BCUT2D eigenvalue weighted by atomic mass is 9.97. The SMILES string of the molecule is CCOc1cc(Cc2cnc(N)nc2N)cc(OCC)c1-c1ccc(C)c([N+](=O)[O-])c1. The Kier molecular flexibility index (Phi) is 6.54. The summed E-state index contributed by atoms with van der Waals surface area (Å²) in [5, 5.41) is 11.5. The quantitative estimate of drug-likeness (QED) is 0.410. The summed E-state index contributed by atoms with van der Waals surface area (Å²) in [7, 11) is 0. The van der Waals surface area contributed by atoms with Gasteiger partial charge >= 0.3 is 0 Å². The van der Waals surface area contributed by atoms with Crippen LogP contribution in [-0.4, -0.2) is 28.1 Å². The molecule has 4 N–H and O–H groups in total. The number of nitro benzene ring substituents is 1. The van der Waals surface area contributed by atoms with Gasteiger partial charge in [0.05, 0.1) is 23.7 Å². The van der Waals surface area contributed by atoms with Crippen LogP contribution in [0.25, 0.3) is 11.1 Å². The number of aromatic nitrogens is 2. The number of ether oxygens (including phenoxy) is 2. The number of nitrogen functional groups attached to an aromatic ring is 2. The van der Waals surface area contributed by atoms with Crippen molar-refractivity contribution in [1.29, 1.82) is 0 Å². The molecule has 1 aromatic heterocycles. The monoisotopic (exact) mass is 423 g/mol. The molecule has 1 heterocycles. The molecule has 0 aliphatic heterocycles. The van der Waals surface area contributed by atoms with E-state index >= 15 is 0 Å². The summed E-state index contributed by atoms with van der Waals surface area (Å²) in [6.07, 6.45) is 2.04. The Morgan fingerprint density at radius 3 is 2.26 bits per heavy atom. The number of aryl methyl sites for hydroxylation is 1. The van der Waals surface area contributed by atoms with Crippen LogP contribution in [0.1, 0.15) is 30.5 Å². The molecule has 0 aliphatic rings. The predicted octanol–water partition coefficient (Wildman–Crippen LogP) is 3.91. The van der Waals surface area contributed by atoms with Gasteiger partial charge in [-0.3, -0.25) is 10.1 Å². The average molecular weight is 423 g/mol. The van der Waals surface area contributed by atoms with Gasteiger partial charge in [-0.1, -0.05) is 12.1 Å². The van der Waals surface area contributed by atoms with Crippen LogP contribution in [0, 0.1) is 17.0 Å². The van der Waals surface area contributed by atoms with Gasteiger partial charge in [0.15, 0.2) is 0 Å². The summed E-state index contributed by atoms with van der Waals surface area (Å²) in [6, 6.07) is 8.85. The zero-order valence-electron chi connectivity index (χ0n) is 17.7. The molecule has 0 atom stereocenters. The molecule has 0 fully saturated rings.